The zero-order valence-electron chi connectivity index (χ0n) is 6.39. The minimum absolute atomic E-state index is 0.157. The number of hydrogen-bond acceptors (Lipinski definition) is 2. The summed E-state index contributed by atoms with van der Waals surface area (Å²) >= 11 is 0. The van der Waals surface area contributed by atoms with E-state index in [4.69, 9.17) is 5.11 Å². The first-order chi connectivity index (χ1) is 4.20. The van der Waals surface area contributed by atoms with Crippen LogP contribution in [0, 0.1) is 0 Å². The van der Waals surface area contributed by atoms with Crippen LogP contribution < -0.4 is 0 Å². The van der Waals surface area contributed by atoms with E-state index in [0.717, 1.165) is 12.1 Å². The molecule has 0 aliphatic carbocycles. The second-order valence-electron chi connectivity index (χ2n) is 2.21. The molecule has 0 aromatic heterocycles. The normalized spacial score (nSPS) is 11.8. The Morgan fingerprint density at radius 3 is 2.56 bits per heavy atom. The van der Waals surface area contributed by atoms with Gasteiger partial charge in [0.1, 0.15) is 0 Å². The summed E-state index contributed by atoms with van der Waals surface area (Å²) in [7, 11) is 1.99. The summed E-state index contributed by atoms with van der Waals surface area (Å²) in [5.41, 5.74) is 0.999. The van der Waals surface area contributed by atoms with E-state index in [9.17, 15) is 0 Å². The van der Waals surface area contributed by atoms with Gasteiger partial charge in [0, 0.05) is 13.6 Å². The van der Waals surface area contributed by atoms with Crippen molar-refractivity contribution >= 4 is 0 Å². The third-order valence-electron chi connectivity index (χ3n) is 1.19. The summed E-state index contributed by atoms with van der Waals surface area (Å²) in [4.78, 5) is 2.03. The fraction of sp³-hybridized carbons (Fsp3) is 0.714. The van der Waals surface area contributed by atoms with Crippen LogP contribution in [0.25, 0.3) is 0 Å². The predicted octanol–water partition coefficient (Wildman–Crippen LogP) is 0.834. The lowest BCUT2D eigenvalue weighted by atomic mass is 10.3. The molecule has 0 saturated carbocycles. The van der Waals surface area contributed by atoms with Crippen molar-refractivity contribution in [2.45, 2.75) is 13.8 Å². The Kier molecular flexibility index (Phi) is 4.14. The lowest BCUT2D eigenvalue weighted by Gasteiger charge is -2.10. The zero-order valence-corrected chi connectivity index (χ0v) is 6.39. The van der Waals surface area contributed by atoms with Crippen LogP contribution in [-0.2, 0) is 0 Å². The molecule has 0 heterocycles. The van der Waals surface area contributed by atoms with Gasteiger partial charge in [-0.25, -0.2) is 0 Å². The smallest absolute Gasteiger partial charge is 0.0655 e. The lowest BCUT2D eigenvalue weighted by Crippen LogP contribution is -2.10. The van der Waals surface area contributed by atoms with Gasteiger partial charge in [-0.1, -0.05) is 0 Å². The molecular weight excluding hydrogens is 114 g/mol. The van der Waals surface area contributed by atoms with Gasteiger partial charge in [-0.15, -0.1) is 0 Å². The maximum atomic E-state index is 8.58. The Labute approximate surface area is 56.8 Å². The summed E-state index contributed by atoms with van der Waals surface area (Å²) in [5, 5.41) is 8.58. The fourth-order valence-corrected chi connectivity index (χ4v) is 0.508. The SMILES string of the molecule is CCN(C)/C=C(\C)CO. The molecule has 0 atom stereocenters. The molecule has 0 aromatic rings. The van der Waals surface area contributed by atoms with E-state index < -0.39 is 0 Å². The Balaban J connectivity index is 3.64. The summed E-state index contributed by atoms with van der Waals surface area (Å²) in [6.45, 7) is 5.12. The highest BCUT2D eigenvalue weighted by atomic mass is 16.3. The van der Waals surface area contributed by atoms with E-state index in [1.165, 1.54) is 0 Å². The van der Waals surface area contributed by atoms with Crippen molar-refractivity contribution in [3.05, 3.63) is 11.8 Å². The predicted molar refractivity (Wildman–Crippen MR) is 39.1 cm³/mol. The molecule has 1 N–H and O–H groups in total. The van der Waals surface area contributed by atoms with Crippen molar-refractivity contribution in [2.75, 3.05) is 20.2 Å². The minimum atomic E-state index is 0.157. The zero-order chi connectivity index (χ0) is 7.28. The van der Waals surface area contributed by atoms with Crippen LogP contribution >= 0.6 is 0 Å². The largest absolute Gasteiger partial charge is 0.392 e. The van der Waals surface area contributed by atoms with Gasteiger partial charge in [0.05, 0.1) is 6.61 Å². The monoisotopic (exact) mass is 129 g/mol. The number of hydrogen-bond donors (Lipinski definition) is 1. The number of aliphatic hydroxyl groups excluding tert-OH is 1. The lowest BCUT2D eigenvalue weighted by molar-refractivity contribution is 0.326. The minimum Gasteiger partial charge on any atom is -0.392 e. The number of rotatable bonds is 3. The van der Waals surface area contributed by atoms with Crippen LogP contribution in [0.15, 0.2) is 11.8 Å². The number of nitrogens with zero attached hydrogens (tertiary/aromatic N) is 1. The Morgan fingerprint density at radius 2 is 2.22 bits per heavy atom. The Morgan fingerprint density at radius 1 is 1.67 bits per heavy atom. The van der Waals surface area contributed by atoms with E-state index >= 15 is 0 Å². The highest BCUT2D eigenvalue weighted by Gasteiger charge is 1.86. The average Bonchev–Trinajstić information content (AvgIpc) is 1.87. The van der Waals surface area contributed by atoms with E-state index in [1.54, 1.807) is 0 Å². The molecule has 0 rings (SSSR count). The van der Waals surface area contributed by atoms with Gasteiger partial charge < -0.3 is 10.0 Å². The van der Waals surface area contributed by atoms with Crippen molar-refractivity contribution in [1.82, 2.24) is 4.90 Å². The van der Waals surface area contributed by atoms with Gasteiger partial charge in [0.15, 0.2) is 0 Å². The maximum Gasteiger partial charge on any atom is 0.0655 e. The van der Waals surface area contributed by atoms with Gasteiger partial charge in [-0.3, -0.25) is 0 Å². The van der Waals surface area contributed by atoms with Gasteiger partial charge in [0.2, 0.25) is 0 Å². The van der Waals surface area contributed by atoms with Crippen LogP contribution in [0.1, 0.15) is 13.8 Å². The molecule has 54 valence electrons. The molecule has 0 aliphatic heterocycles. The van der Waals surface area contributed by atoms with E-state index in [-0.39, 0.29) is 6.61 Å². The standard InChI is InChI=1S/C7H15NO/c1-4-8(3)5-7(2)6-9/h5,9H,4,6H2,1-3H3/b7-5+. The first kappa shape index (κ1) is 8.50. The molecule has 0 bridgehead atoms. The molecule has 0 saturated heterocycles. The van der Waals surface area contributed by atoms with Crippen LogP contribution in [0.3, 0.4) is 0 Å². The van der Waals surface area contributed by atoms with Crippen LogP contribution in [0.2, 0.25) is 0 Å². The summed E-state index contributed by atoms with van der Waals surface area (Å²) in [6, 6.07) is 0. The van der Waals surface area contributed by atoms with Crippen molar-refractivity contribution in [2.24, 2.45) is 0 Å². The molecule has 2 heteroatoms. The second-order valence-corrected chi connectivity index (χ2v) is 2.21. The van der Waals surface area contributed by atoms with Gasteiger partial charge in [-0.2, -0.15) is 0 Å². The average molecular weight is 129 g/mol. The van der Waals surface area contributed by atoms with Crippen LogP contribution in [0.4, 0.5) is 0 Å². The molecule has 9 heavy (non-hydrogen) atoms. The van der Waals surface area contributed by atoms with Gasteiger partial charge in [0.25, 0.3) is 0 Å². The molecule has 0 aromatic carbocycles. The molecule has 0 unspecified atom stereocenters. The molecule has 0 fully saturated rings. The van der Waals surface area contributed by atoms with Crippen molar-refractivity contribution in [3.8, 4) is 0 Å². The summed E-state index contributed by atoms with van der Waals surface area (Å²) < 4.78 is 0. The van der Waals surface area contributed by atoms with Crippen LogP contribution in [0.5, 0.6) is 0 Å². The first-order valence-corrected chi connectivity index (χ1v) is 3.19. The van der Waals surface area contributed by atoms with Crippen molar-refractivity contribution in [1.29, 1.82) is 0 Å². The Bertz CT molecular complexity index is 99.1. The third-order valence-corrected chi connectivity index (χ3v) is 1.19. The van der Waals surface area contributed by atoms with E-state index in [0.29, 0.717) is 0 Å². The van der Waals surface area contributed by atoms with Crippen molar-refractivity contribution < 1.29 is 5.11 Å². The van der Waals surface area contributed by atoms with Gasteiger partial charge >= 0.3 is 0 Å². The molecule has 0 amide bonds. The molecule has 0 spiro atoms. The Hall–Kier alpha value is -0.500. The van der Waals surface area contributed by atoms with E-state index in [2.05, 4.69) is 6.92 Å². The highest BCUT2D eigenvalue weighted by molar-refractivity contribution is 4.95. The fourth-order valence-electron chi connectivity index (χ4n) is 0.508. The second kappa shape index (κ2) is 4.39. The van der Waals surface area contributed by atoms with Gasteiger partial charge in [-0.05, 0) is 25.6 Å². The first-order valence-electron chi connectivity index (χ1n) is 3.19. The summed E-state index contributed by atoms with van der Waals surface area (Å²) in [5.74, 6) is 0. The summed E-state index contributed by atoms with van der Waals surface area (Å²) in [6.07, 6.45) is 1.94. The molecular formula is C7H15NO. The van der Waals surface area contributed by atoms with E-state index in [1.807, 2.05) is 25.1 Å². The molecule has 0 aliphatic rings. The highest BCUT2D eigenvalue weighted by Crippen LogP contribution is 1.91. The third kappa shape index (κ3) is 4.03. The quantitative estimate of drug-likeness (QED) is 0.610. The van der Waals surface area contributed by atoms with Crippen LogP contribution in [-0.4, -0.2) is 30.2 Å². The topological polar surface area (TPSA) is 23.5 Å². The molecule has 2 nitrogen and oxygen atoms in total. The molecule has 0 radical (unpaired) electrons. The number of aliphatic hydroxyl groups is 1. The maximum absolute atomic E-state index is 8.58. The van der Waals surface area contributed by atoms with Crippen molar-refractivity contribution in [3.63, 3.8) is 0 Å².